The molecule has 0 radical (unpaired) electrons. The smallest absolute Gasteiger partial charge is 0.311 e. The van der Waals surface area contributed by atoms with Gasteiger partial charge in [0.15, 0.2) is 0 Å². The van der Waals surface area contributed by atoms with Gasteiger partial charge in [-0.1, -0.05) is 6.07 Å². The van der Waals surface area contributed by atoms with Gasteiger partial charge in [-0.05, 0) is 13.0 Å². The molecule has 0 fully saturated rings. The number of phenols is 1. The van der Waals surface area contributed by atoms with Crippen LogP contribution in [0.25, 0.3) is 0 Å². The number of phenolic OH excluding ortho intramolecular Hbond substituents is 1. The summed E-state index contributed by atoms with van der Waals surface area (Å²) in [4.78, 5) is 25.8. The number of amides is 1. The molecule has 0 aliphatic heterocycles. The van der Waals surface area contributed by atoms with Gasteiger partial charge in [0.2, 0.25) is 5.75 Å². The fourth-order valence-corrected chi connectivity index (χ4v) is 1.82. The summed E-state index contributed by atoms with van der Waals surface area (Å²) in [5.41, 5.74) is -0.652. The molecule has 2 rings (SSSR count). The van der Waals surface area contributed by atoms with Crippen molar-refractivity contribution in [2.24, 2.45) is 0 Å². The third kappa shape index (κ3) is 3.32. The Hall–Kier alpha value is -2.97. The van der Waals surface area contributed by atoms with Gasteiger partial charge in [0.25, 0.3) is 5.91 Å². The van der Waals surface area contributed by atoms with E-state index in [1.165, 1.54) is 29.5 Å². The lowest BCUT2D eigenvalue weighted by Crippen LogP contribution is -2.35. The van der Waals surface area contributed by atoms with Crippen LogP contribution in [0.3, 0.4) is 0 Å². The zero-order chi connectivity index (χ0) is 15.4. The molecule has 21 heavy (non-hydrogen) atoms. The average molecular weight is 291 g/mol. The first-order chi connectivity index (χ1) is 9.99. The molecule has 1 atom stereocenters. The molecule has 1 heterocycles. The maximum Gasteiger partial charge on any atom is 0.311 e. The normalized spacial score (nSPS) is 11.9. The highest BCUT2D eigenvalue weighted by Crippen LogP contribution is 2.29. The molecule has 9 heteroatoms. The van der Waals surface area contributed by atoms with Crippen LogP contribution in [0, 0.1) is 10.1 Å². The number of nitro groups is 1. The molecule has 2 aromatic rings. The highest BCUT2D eigenvalue weighted by molar-refractivity contribution is 5.98. The number of benzene rings is 1. The van der Waals surface area contributed by atoms with Crippen LogP contribution in [0.1, 0.15) is 17.3 Å². The third-order valence-corrected chi connectivity index (χ3v) is 2.76. The number of nitrogens with one attached hydrogen (secondary N) is 1. The van der Waals surface area contributed by atoms with Gasteiger partial charge in [0.1, 0.15) is 12.7 Å². The summed E-state index contributed by atoms with van der Waals surface area (Å²) in [5, 5.41) is 27.0. The lowest BCUT2D eigenvalue weighted by Gasteiger charge is -2.14. The Balaban J connectivity index is 2.10. The summed E-state index contributed by atoms with van der Waals surface area (Å²) >= 11 is 0. The number of rotatable bonds is 5. The molecule has 0 aliphatic rings. The van der Waals surface area contributed by atoms with Gasteiger partial charge in [0, 0.05) is 12.1 Å². The molecule has 9 nitrogen and oxygen atoms in total. The number of nitrogens with zero attached hydrogens (tertiary/aromatic N) is 4. The molecule has 1 amide bonds. The van der Waals surface area contributed by atoms with E-state index in [-0.39, 0.29) is 11.6 Å². The molecule has 0 unspecified atom stereocenters. The van der Waals surface area contributed by atoms with Gasteiger partial charge in [0.05, 0.1) is 17.0 Å². The molecule has 0 saturated heterocycles. The second kappa shape index (κ2) is 5.99. The second-order valence-corrected chi connectivity index (χ2v) is 4.42. The molecule has 0 saturated carbocycles. The minimum absolute atomic E-state index is 0.144. The van der Waals surface area contributed by atoms with Crippen molar-refractivity contribution in [2.75, 3.05) is 0 Å². The van der Waals surface area contributed by atoms with Crippen molar-refractivity contribution < 1.29 is 14.8 Å². The number of carbonyl (C=O) groups excluding carboxylic acids is 1. The molecule has 1 aromatic heterocycles. The van der Waals surface area contributed by atoms with E-state index in [0.29, 0.717) is 6.54 Å². The van der Waals surface area contributed by atoms with Crippen LogP contribution in [-0.2, 0) is 6.54 Å². The van der Waals surface area contributed by atoms with Gasteiger partial charge >= 0.3 is 5.69 Å². The van der Waals surface area contributed by atoms with Gasteiger partial charge in [-0.25, -0.2) is 4.98 Å². The Morgan fingerprint density at radius 2 is 2.33 bits per heavy atom. The predicted molar refractivity (Wildman–Crippen MR) is 71.7 cm³/mol. The quantitative estimate of drug-likeness (QED) is 0.617. The number of nitro benzene ring substituents is 1. The summed E-state index contributed by atoms with van der Waals surface area (Å²) in [6, 6.07) is 3.50. The topological polar surface area (TPSA) is 123 Å². The number of aromatic nitrogens is 3. The minimum atomic E-state index is -0.745. The summed E-state index contributed by atoms with van der Waals surface area (Å²) in [6.07, 6.45) is 2.88. The fraction of sp³-hybridized carbons (Fsp3) is 0.250. The molecule has 0 aliphatic carbocycles. The summed E-state index contributed by atoms with van der Waals surface area (Å²) in [5.74, 6) is -1.24. The lowest BCUT2D eigenvalue weighted by atomic mass is 10.1. The van der Waals surface area contributed by atoms with Crippen molar-refractivity contribution in [3.63, 3.8) is 0 Å². The monoisotopic (exact) mass is 291 g/mol. The van der Waals surface area contributed by atoms with Crippen LogP contribution in [0.4, 0.5) is 5.69 Å². The minimum Gasteiger partial charge on any atom is -0.502 e. The maximum absolute atomic E-state index is 12.0. The molecule has 110 valence electrons. The highest BCUT2D eigenvalue weighted by Gasteiger charge is 2.21. The van der Waals surface area contributed by atoms with Crippen LogP contribution < -0.4 is 5.32 Å². The van der Waals surface area contributed by atoms with Crippen molar-refractivity contribution in [3.8, 4) is 5.75 Å². The Kier molecular flexibility index (Phi) is 4.12. The standard InChI is InChI=1S/C12H13N5O4/c1-8(5-16-7-13-6-14-16)15-12(19)9-3-2-4-10(11(9)18)17(20)21/h2-4,6-8,18H,5H2,1H3,(H,15,19)/t8-/m1/s1. The number of hydrogen-bond donors (Lipinski definition) is 2. The van der Waals surface area contributed by atoms with Crippen LogP contribution in [-0.4, -0.2) is 36.7 Å². The Bertz CT molecular complexity index is 656. The van der Waals surface area contributed by atoms with Crippen molar-refractivity contribution in [1.29, 1.82) is 0 Å². The van der Waals surface area contributed by atoms with E-state index in [9.17, 15) is 20.0 Å². The van der Waals surface area contributed by atoms with Crippen LogP contribution in [0.2, 0.25) is 0 Å². The van der Waals surface area contributed by atoms with Gasteiger partial charge in [-0.2, -0.15) is 5.10 Å². The van der Waals surface area contributed by atoms with E-state index >= 15 is 0 Å². The van der Waals surface area contributed by atoms with Crippen molar-refractivity contribution >= 4 is 11.6 Å². The molecular weight excluding hydrogens is 278 g/mol. The number of carbonyl (C=O) groups is 1. The SMILES string of the molecule is C[C@H](Cn1cncn1)NC(=O)c1cccc([N+](=O)[O-])c1O. The fourth-order valence-electron chi connectivity index (χ4n) is 1.82. The first-order valence-corrected chi connectivity index (χ1v) is 6.08. The third-order valence-electron chi connectivity index (χ3n) is 2.76. The zero-order valence-corrected chi connectivity index (χ0v) is 11.1. The van der Waals surface area contributed by atoms with Gasteiger partial charge in [-0.3, -0.25) is 19.6 Å². The van der Waals surface area contributed by atoms with E-state index in [1.54, 1.807) is 6.92 Å². The Morgan fingerprint density at radius 3 is 2.95 bits per heavy atom. The summed E-state index contributed by atoms with van der Waals surface area (Å²) in [6.45, 7) is 2.13. The van der Waals surface area contributed by atoms with E-state index in [1.807, 2.05) is 0 Å². The van der Waals surface area contributed by atoms with Crippen molar-refractivity contribution in [1.82, 2.24) is 20.1 Å². The summed E-state index contributed by atoms with van der Waals surface area (Å²) in [7, 11) is 0. The first-order valence-electron chi connectivity index (χ1n) is 6.08. The van der Waals surface area contributed by atoms with Gasteiger partial charge in [-0.15, -0.1) is 0 Å². The zero-order valence-electron chi connectivity index (χ0n) is 11.1. The van der Waals surface area contributed by atoms with Crippen LogP contribution in [0.15, 0.2) is 30.9 Å². The molecular formula is C12H13N5O4. The van der Waals surface area contributed by atoms with E-state index in [2.05, 4.69) is 15.4 Å². The van der Waals surface area contributed by atoms with Crippen LogP contribution in [0.5, 0.6) is 5.75 Å². The van der Waals surface area contributed by atoms with Crippen molar-refractivity contribution in [2.45, 2.75) is 19.5 Å². The molecule has 0 spiro atoms. The highest BCUT2D eigenvalue weighted by atomic mass is 16.6. The largest absolute Gasteiger partial charge is 0.502 e. The first kappa shape index (κ1) is 14.4. The summed E-state index contributed by atoms with van der Waals surface area (Å²) < 4.78 is 1.54. The van der Waals surface area contributed by atoms with Crippen LogP contribution >= 0.6 is 0 Å². The molecule has 2 N–H and O–H groups in total. The number of aromatic hydroxyl groups is 1. The molecule has 1 aromatic carbocycles. The number of para-hydroxylation sites is 1. The Labute approximate surface area is 119 Å². The van der Waals surface area contributed by atoms with E-state index in [4.69, 9.17) is 0 Å². The predicted octanol–water partition coefficient (Wildman–Crippen LogP) is 0.710. The van der Waals surface area contributed by atoms with Crippen molar-refractivity contribution in [3.05, 3.63) is 46.5 Å². The molecule has 0 bridgehead atoms. The van der Waals surface area contributed by atoms with E-state index < -0.39 is 22.3 Å². The van der Waals surface area contributed by atoms with E-state index in [0.717, 1.165) is 6.07 Å². The Morgan fingerprint density at radius 1 is 1.57 bits per heavy atom. The maximum atomic E-state index is 12.0. The lowest BCUT2D eigenvalue weighted by molar-refractivity contribution is -0.385. The second-order valence-electron chi connectivity index (χ2n) is 4.42. The average Bonchev–Trinajstić information content (AvgIpc) is 2.91. The number of hydrogen-bond acceptors (Lipinski definition) is 6. The van der Waals surface area contributed by atoms with Gasteiger partial charge < -0.3 is 10.4 Å².